The number of hydrogen-bond donors (Lipinski definition) is 2. The highest BCUT2D eigenvalue weighted by atomic mass is 16.5. The predicted molar refractivity (Wildman–Crippen MR) is 94.2 cm³/mol. The molecule has 2 rings (SSSR count). The molecule has 2 N–H and O–H groups in total. The summed E-state index contributed by atoms with van der Waals surface area (Å²) >= 11 is 0. The van der Waals surface area contributed by atoms with Gasteiger partial charge in [0.05, 0.1) is 6.61 Å². The van der Waals surface area contributed by atoms with Crippen LogP contribution < -0.4 is 20.3 Å². The molecule has 122 valence electrons. The van der Waals surface area contributed by atoms with E-state index in [0.717, 1.165) is 22.7 Å². The lowest BCUT2D eigenvalue weighted by molar-refractivity contribution is 0.251. The Morgan fingerprint density at radius 3 is 2.52 bits per heavy atom. The van der Waals surface area contributed by atoms with Crippen molar-refractivity contribution in [1.82, 2.24) is 5.32 Å². The molecule has 0 atom stereocenters. The molecule has 0 aromatic heterocycles. The predicted octanol–water partition coefficient (Wildman–Crippen LogP) is 3.47. The van der Waals surface area contributed by atoms with E-state index in [2.05, 4.69) is 16.7 Å². The summed E-state index contributed by atoms with van der Waals surface area (Å²) in [6.45, 7) is 3.04. The maximum atomic E-state index is 12.0. The minimum Gasteiger partial charge on any atom is -0.494 e. The molecule has 2 aromatic carbocycles. The molecule has 0 spiro atoms. The standard InChI is InChI=1S/C18H23N3O2/c1-4-23-17-10-8-15(9-11-17)20-18(22)19-13-14-6-5-7-16(12-14)21(2)3/h5-12H,4,13H2,1-3H3,(H2,19,20,22). The zero-order chi connectivity index (χ0) is 16.7. The third-order valence-corrected chi connectivity index (χ3v) is 3.30. The van der Waals surface area contributed by atoms with Gasteiger partial charge in [0.2, 0.25) is 0 Å². The molecule has 5 heteroatoms. The van der Waals surface area contributed by atoms with E-state index in [1.54, 1.807) is 0 Å². The maximum Gasteiger partial charge on any atom is 0.319 e. The number of carbonyl (C=O) groups excluding carboxylic acids is 1. The first kappa shape index (κ1) is 16.7. The Morgan fingerprint density at radius 2 is 1.87 bits per heavy atom. The maximum absolute atomic E-state index is 12.0. The molecule has 0 saturated heterocycles. The molecule has 0 bridgehead atoms. The Balaban J connectivity index is 1.86. The van der Waals surface area contributed by atoms with Crippen molar-refractivity contribution in [2.75, 3.05) is 30.9 Å². The molecule has 23 heavy (non-hydrogen) atoms. The first-order valence-corrected chi connectivity index (χ1v) is 7.62. The second-order valence-corrected chi connectivity index (χ2v) is 5.33. The minimum absolute atomic E-state index is 0.232. The molecule has 2 aromatic rings. The van der Waals surface area contributed by atoms with Crippen molar-refractivity contribution in [2.24, 2.45) is 0 Å². The molecule has 0 heterocycles. The molecule has 2 amide bonds. The van der Waals surface area contributed by atoms with E-state index >= 15 is 0 Å². The summed E-state index contributed by atoms with van der Waals surface area (Å²) in [4.78, 5) is 14.0. The van der Waals surface area contributed by atoms with Crippen LogP contribution in [0.1, 0.15) is 12.5 Å². The fourth-order valence-electron chi connectivity index (χ4n) is 2.10. The zero-order valence-electron chi connectivity index (χ0n) is 13.8. The van der Waals surface area contributed by atoms with Crippen molar-refractivity contribution in [3.05, 3.63) is 54.1 Å². The van der Waals surface area contributed by atoms with E-state index in [1.807, 2.05) is 68.4 Å². The molecule has 0 aliphatic carbocycles. The quantitative estimate of drug-likeness (QED) is 0.858. The third-order valence-electron chi connectivity index (χ3n) is 3.30. The highest BCUT2D eigenvalue weighted by molar-refractivity contribution is 5.89. The van der Waals surface area contributed by atoms with Gasteiger partial charge in [0, 0.05) is 32.0 Å². The lowest BCUT2D eigenvalue weighted by Gasteiger charge is -2.14. The molecule has 0 aliphatic rings. The minimum atomic E-state index is -0.232. The van der Waals surface area contributed by atoms with Crippen LogP contribution in [0.4, 0.5) is 16.2 Å². The van der Waals surface area contributed by atoms with Crippen LogP contribution in [-0.4, -0.2) is 26.7 Å². The van der Waals surface area contributed by atoms with Crippen molar-refractivity contribution >= 4 is 17.4 Å². The number of hydrogen-bond acceptors (Lipinski definition) is 3. The third kappa shape index (κ3) is 5.21. The number of carbonyl (C=O) groups is 1. The van der Waals surface area contributed by atoms with Crippen LogP contribution in [0, 0.1) is 0 Å². The van der Waals surface area contributed by atoms with E-state index in [9.17, 15) is 4.79 Å². The van der Waals surface area contributed by atoms with E-state index in [4.69, 9.17) is 4.74 Å². The van der Waals surface area contributed by atoms with E-state index in [-0.39, 0.29) is 6.03 Å². The van der Waals surface area contributed by atoms with Crippen LogP contribution in [0.15, 0.2) is 48.5 Å². The molecular weight excluding hydrogens is 290 g/mol. The van der Waals surface area contributed by atoms with Crippen molar-refractivity contribution < 1.29 is 9.53 Å². The van der Waals surface area contributed by atoms with Crippen molar-refractivity contribution in [2.45, 2.75) is 13.5 Å². The molecule has 0 unspecified atom stereocenters. The van der Waals surface area contributed by atoms with Gasteiger partial charge in [-0.3, -0.25) is 0 Å². The van der Waals surface area contributed by atoms with Gasteiger partial charge in [-0.2, -0.15) is 0 Å². The summed E-state index contributed by atoms with van der Waals surface area (Å²) in [5.74, 6) is 0.791. The van der Waals surface area contributed by atoms with Crippen LogP contribution in [0.3, 0.4) is 0 Å². The fourth-order valence-corrected chi connectivity index (χ4v) is 2.10. The summed E-state index contributed by atoms with van der Waals surface area (Å²) in [6, 6.07) is 15.1. The smallest absolute Gasteiger partial charge is 0.319 e. The molecule has 5 nitrogen and oxygen atoms in total. The number of anilines is 2. The largest absolute Gasteiger partial charge is 0.494 e. The second-order valence-electron chi connectivity index (χ2n) is 5.33. The number of ether oxygens (including phenoxy) is 1. The Kier molecular flexibility index (Phi) is 5.86. The van der Waals surface area contributed by atoms with Gasteiger partial charge in [-0.05, 0) is 48.9 Å². The van der Waals surface area contributed by atoms with Gasteiger partial charge in [0.15, 0.2) is 0 Å². The van der Waals surface area contributed by atoms with Gasteiger partial charge in [-0.15, -0.1) is 0 Å². The van der Waals surface area contributed by atoms with E-state index in [0.29, 0.717) is 13.2 Å². The lowest BCUT2D eigenvalue weighted by Crippen LogP contribution is -2.28. The average Bonchev–Trinajstić information content (AvgIpc) is 2.55. The fraction of sp³-hybridized carbons (Fsp3) is 0.278. The van der Waals surface area contributed by atoms with Gasteiger partial charge in [-0.25, -0.2) is 4.79 Å². The number of urea groups is 1. The van der Waals surface area contributed by atoms with Crippen LogP contribution in [0.2, 0.25) is 0 Å². The van der Waals surface area contributed by atoms with Crippen molar-refractivity contribution in [3.8, 4) is 5.75 Å². The SMILES string of the molecule is CCOc1ccc(NC(=O)NCc2cccc(N(C)C)c2)cc1. The highest BCUT2D eigenvalue weighted by Gasteiger charge is 2.03. The number of nitrogens with one attached hydrogen (secondary N) is 2. The number of nitrogens with zero attached hydrogens (tertiary/aromatic N) is 1. The Hall–Kier alpha value is -2.69. The zero-order valence-corrected chi connectivity index (χ0v) is 13.8. The second kappa shape index (κ2) is 8.08. The summed E-state index contributed by atoms with van der Waals surface area (Å²) in [5, 5.41) is 5.66. The van der Waals surface area contributed by atoms with E-state index in [1.165, 1.54) is 0 Å². The Bertz CT molecular complexity index is 639. The summed E-state index contributed by atoms with van der Waals surface area (Å²) < 4.78 is 5.37. The van der Waals surface area contributed by atoms with Gasteiger partial charge in [-0.1, -0.05) is 12.1 Å². The highest BCUT2D eigenvalue weighted by Crippen LogP contribution is 2.16. The Morgan fingerprint density at radius 1 is 1.13 bits per heavy atom. The number of amides is 2. The van der Waals surface area contributed by atoms with Crippen molar-refractivity contribution in [3.63, 3.8) is 0 Å². The van der Waals surface area contributed by atoms with Crippen LogP contribution in [-0.2, 0) is 6.54 Å². The number of rotatable bonds is 6. The topological polar surface area (TPSA) is 53.6 Å². The van der Waals surface area contributed by atoms with Crippen LogP contribution in [0.25, 0.3) is 0 Å². The first-order valence-electron chi connectivity index (χ1n) is 7.62. The average molecular weight is 313 g/mol. The molecule has 0 fully saturated rings. The molecule has 0 aliphatic heterocycles. The Labute approximate surface area is 137 Å². The van der Waals surface area contributed by atoms with Crippen LogP contribution >= 0.6 is 0 Å². The van der Waals surface area contributed by atoms with Gasteiger partial charge >= 0.3 is 6.03 Å². The van der Waals surface area contributed by atoms with Gasteiger partial charge in [0.1, 0.15) is 5.75 Å². The molecule has 0 saturated carbocycles. The normalized spacial score (nSPS) is 10.0. The number of benzene rings is 2. The van der Waals surface area contributed by atoms with Gasteiger partial charge in [0.25, 0.3) is 0 Å². The summed E-state index contributed by atoms with van der Waals surface area (Å²) in [7, 11) is 3.98. The molecular formula is C18H23N3O2. The summed E-state index contributed by atoms with van der Waals surface area (Å²) in [6.07, 6.45) is 0. The van der Waals surface area contributed by atoms with Gasteiger partial charge < -0.3 is 20.3 Å². The van der Waals surface area contributed by atoms with E-state index < -0.39 is 0 Å². The summed E-state index contributed by atoms with van der Waals surface area (Å²) in [5.41, 5.74) is 2.89. The lowest BCUT2D eigenvalue weighted by atomic mass is 10.2. The molecule has 0 radical (unpaired) electrons. The van der Waals surface area contributed by atoms with Crippen molar-refractivity contribution in [1.29, 1.82) is 0 Å². The van der Waals surface area contributed by atoms with Crippen LogP contribution in [0.5, 0.6) is 5.75 Å². The monoisotopic (exact) mass is 313 g/mol. The first-order chi connectivity index (χ1) is 11.1.